The molecule has 1 amide bonds. The Kier molecular flexibility index (Phi) is 6.04. The Hall–Kier alpha value is -2.09. The molecule has 0 aliphatic carbocycles. The molecular weight excluding hydrogens is 386 g/mol. The molecule has 2 aromatic carbocycles. The Bertz CT molecular complexity index is 911. The van der Waals surface area contributed by atoms with Crippen LogP contribution in [0.25, 0.3) is 0 Å². The molecule has 0 atom stereocenters. The van der Waals surface area contributed by atoms with Crippen molar-refractivity contribution in [3.05, 3.63) is 59.1 Å². The van der Waals surface area contributed by atoms with Crippen molar-refractivity contribution in [1.29, 1.82) is 0 Å². The van der Waals surface area contributed by atoms with Crippen molar-refractivity contribution >= 4 is 33.2 Å². The van der Waals surface area contributed by atoms with Crippen LogP contribution in [0.4, 0.5) is 5.69 Å². The molecule has 2 aromatic rings. The van der Waals surface area contributed by atoms with Gasteiger partial charge < -0.3 is 10.2 Å². The first-order valence-electron chi connectivity index (χ1n) is 8.71. The maximum absolute atomic E-state index is 12.6. The second-order valence-corrected chi connectivity index (χ2v) is 8.79. The number of rotatable bonds is 5. The highest BCUT2D eigenvalue weighted by Gasteiger charge is 2.29. The van der Waals surface area contributed by atoms with Gasteiger partial charge in [0.15, 0.2) is 0 Å². The predicted octanol–water partition coefficient (Wildman–Crippen LogP) is 2.59. The highest BCUT2D eigenvalue weighted by atomic mass is 35.5. The number of sulfonamides is 1. The van der Waals surface area contributed by atoms with Gasteiger partial charge in [0.1, 0.15) is 0 Å². The first-order valence-corrected chi connectivity index (χ1v) is 10.5. The fraction of sp³-hybridized carbons (Fsp3) is 0.316. The average Bonchev–Trinajstić information content (AvgIpc) is 2.68. The Morgan fingerprint density at radius 3 is 2.37 bits per heavy atom. The molecule has 0 aromatic heterocycles. The third kappa shape index (κ3) is 4.61. The lowest BCUT2D eigenvalue weighted by Crippen LogP contribution is -2.51. The van der Waals surface area contributed by atoms with E-state index in [2.05, 4.69) is 5.32 Å². The summed E-state index contributed by atoms with van der Waals surface area (Å²) in [6.07, 6.45) is 0. The van der Waals surface area contributed by atoms with Gasteiger partial charge in [0, 0.05) is 36.9 Å². The number of hydrogen-bond acceptors (Lipinski definition) is 4. The zero-order valence-corrected chi connectivity index (χ0v) is 16.6. The Balaban J connectivity index is 1.55. The Morgan fingerprint density at radius 2 is 1.74 bits per heavy atom. The fourth-order valence-electron chi connectivity index (χ4n) is 3.03. The van der Waals surface area contributed by atoms with Crippen LogP contribution in [0.3, 0.4) is 0 Å². The van der Waals surface area contributed by atoms with Gasteiger partial charge in [0.25, 0.3) is 0 Å². The van der Waals surface area contributed by atoms with Crippen molar-refractivity contribution in [3.8, 4) is 0 Å². The number of anilines is 1. The topological polar surface area (TPSA) is 69.7 Å². The number of benzene rings is 2. The van der Waals surface area contributed by atoms with Crippen LogP contribution in [0.1, 0.15) is 5.56 Å². The van der Waals surface area contributed by atoms with E-state index in [-0.39, 0.29) is 17.3 Å². The Morgan fingerprint density at radius 1 is 1.07 bits per heavy atom. The standard InChI is InChI=1S/C19H22ClN3O3S/c1-15-13-16(20)7-8-18(15)21-14-19(24)22-9-11-23(12-10-22)27(25,26)17-5-3-2-4-6-17/h2-8,13,21H,9-12,14H2,1H3. The van der Waals surface area contributed by atoms with Crippen LogP contribution in [-0.4, -0.2) is 56.3 Å². The maximum atomic E-state index is 12.6. The van der Waals surface area contributed by atoms with E-state index in [9.17, 15) is 13.2 Å². The number of nitrogens with one attached hydrogen (secondary N) is 1. The molecule has 1 N–H and O–H groups in total. The monoisotopic (exact) mass is 407 g/mol. The van der Waals surface area contributed by atoms with E-state index in [1.54, 1.807) is 41.3 Å². The van der Waals surface area contributed by atoms with Crippen LogP contribution in [-0.2, 0) is 14.8 Å². The largest absolute Gasteiger partial charge is 0.376 e. The molecule has 27 heavy (non-hydrogen) atoms. The molecule has 8 heteroatoms. The van der Waals surface area contributed by atoms with Crippen molar-refractivity contribution in [3.63, 3.8) is 0 Å². The van der Waals surface area contributed by atoms with Crippen LogP contribution < -0.4 is 5.32 Å². The molecule has 3 rings (SSSR count). The van der Waals surface area contributed by atoms with Gasteiger partial charge >= 0.3 is 0 Å². The molecular formula is C19H22ClN3O3S. The lowest BCUT2D eigenvalue weighted by Gasteiger charge is -2.34. The number of halogens is 1. The summed E-state index contributed by atoms with van der Waals surface area (Å²) in [5.74, 6) is -0.0545. The Labute approximate surface area is 164 Å². The van der Waals surface area contributed by atoms with Crippen molar-refractivity contribution < 1.29 is 13.2 Å². The summed E-state index contributed by atoms with van der Waals surface area (Å²) < 4.78 is 26.7. The number of nitrogens with zero attached hydrogens (tertiary/aromatic N) is 2. The van der Waals surface area contributed by atoms with E-state index in [0.717, 1.165) is 11.3 Å². The molecule has 1 saturated heterocycles. The minimum Gasteiger partial charge on any atom is -0.376 e. The van der Waals surface area contributed by atoms with Gasteiger partial charge in [-0.15, -0.1) is 0 Å². The van der Waals surface area contributed by atoms with Gasteiger partial charge in [-0.1, -0.05) is 29.8 Å². The summed E-state index contributed by atoms with van der Waals surface area (Å²) in [4.78, 5) is 14.4. The van der Waals surface area contributed by atoms with E-state index < -0.39 is 10.0 Å². The van der Waals surface area contributed by atoms with Crippen LogP contribution >= 0.6 is 11.6 Å². The second kappa shape index (κ2) is 8.29. The van der Waals surface area contributed by atoms with Gasteiger partial charge in [0.05, 0.1) is 11.4 Å². The first-order chi connectivity index (χ1) is 12.9. The summed E-state index contributed by atoms with van der Waals surface area (Å²) in [5.41, 5.74) is 1.83. The smallest absolute Gasteiger partial charge is 0.243 e. The molecule has 0 bridgehead atoms. The van der Waals surface area contributed by atoms with Crippen molar-refractivity contribution in [2.45, 2.75) is 11.8 Å². The van der Waals surface area contributed by atoms with E-state index in [1.165, 1.54) is 4.31 Å². The van der Waals surface area contributed by atoms with E-state index in [1.807, 2.05) is 19.1 Å². The number of amides is 1. The molecule has 0 spiro atoms. The van der Waals surface area contributed by atoms with Gasteiger partial charge in [-0.3, -0.25) is 4.79 Å². The molecule has 144 valence electrons. The number of hydrogen-bond donors (Lipinski definition) is 1. The van der Waals surface area contributed by atoms with Crippen LogP contribution in [0.15, 0.2) is 53.4 Å². The van der Waals surface area contributed by atoms with Gasteiger partial charge in [-0.2, -0.15) is 4.31 Å². The highest BCUT2D eigenvalue weighted by Crippen LogP contribution is 2.20. The maximum Gasteiger partial charge on any atom is 0.243 e. The van der Waals surface area contributed by atoms with Gasteiger partial charge in [0.2, 0.25) is 15.9 Å². The van der Waals surface area contributed by atoms with E-state index in [0.29, 0.717) is 31.2 Å². The first kappa shape index (κ1) is 19.7. The van der Waals surface area contributed by atoms with Crippen LogP contribution in [0.5, 0.6) is 0 Å². The molecule has 1 heterocycles. The molecule has 1 aliphatic rings. The summed E-state index contributed by atoms with van der Waals surface area (Å²) in [6, 6.07) is 13.8. The normalized spacial score (nSPS) is 15.6. The number of piperazine rings is 1. The minimum absolute atomic E-state index is 0.0545. The highest BCUT2D eigenvalue weighted by molar-refractivity contribution is 7.89. The van der Waals surface area contributed by atoms with Crippen molar-refractivity contribution in [2.75, 3.05) is 38.0 Å². The van der Waals surface area contributed by atoms with E-state index in [4.69, 9.17) is 11.6 Å². The predicted molar refractivity (Wildman–Crippen MR) is 106 cm³/mol. The van der Waals surface area contributed by atoms with Gasteiger partial charge in [-0.25, -0.2) is 8.42 Å². The summed E-state index contributed by atoms with van der Waals surface area (Å²) >= 11 is 5.94. The third-order valence-corrected chi connectivity index (χ3v) is 6.74. The third-order valence-electron chi connectivity index (χ3n) is 4.59. The van der Waals surface area contributed by atoms with E-state index >= 15 is 0 Å². The molecule has 0 radical (unpaired) electrons. The average molecular weight is 408 g/mol. The number of carbonyl (C=O) groups is 1. The zero-order valence-electron chi connectivity index (χ0n) is 15.1. The van der Waals surface area contributed by atoms with Crippen molar-refractivity contribution in [1.82, 2.24) is 9.21 Å². The van der Waals surface area contributed by atoms with Crippen molar-refractivity contribution in [2.24, 2.45) is 0 Å². The minimum atomic E-state index is -3.51. The summed E-state index contributed by atoms with van der Waals surface area (Å²) in [7, 11) is -3.51. The molecule has 6 nitrogen and oxygen atoms in total. The number of aryl methyl sites for hydroxylation is 1. The zero-order chi connectivity index (χ0) is 19.4. The lowest BCUT2D eigenvalue weighted by atomic mass is 10.2. The molecule has 0 saturated carbocycles. The van der Waals surface area contributed by atoms with Crippen LogP contribution in [0, 0.1) is 6.92 Å². The quantitative estimate of drug-likeness (QED) is 0.827. The molecule has 0 unspecified atom stereocenters. The number of carbonyl (C=O) groups excluding carboxylic acids is 1. The van der Waals surface area contributed by atoms with Gasteiger partial charge in [-0.05, 0) is 42.8 Å². The fourth-order valence-corrected chi connectivity index (χ4v) is 4.70. The second-order valence-electron chi connectivity index (χ2n) is 6.41. The SMILES string of the molecule is Cc1cc(Cl)ccc1NCC(=O)N1CCN(S(=O)(=O)c2ccccc2)CC1. The molecule has 1 fully saturated rings. The summed E-state index contributed by atoms with van der Waals surface area (Å²) in [5, 5.41) is 3.78. The summed E-state index contributed by atoms with van der Waals surface area (Å²) in [6.45, 7) is 3.43. The van der Waals surface area contributed by atoms with Crippen LogP contribution in [0.2, 0.25) is 5.02 Å². The molecule has 1 aliphatic heterocycles. The lowest BCUT2D eigenvalue weighted by molar-refractivity contribution is -0.130.